The van der Waals surface area contributed by atoms with Gasteiger partial charge >= 0.3 is 0 Å². The minimum Gasteiger partial charge on any atom is -0.506 e. The van der Waals surface area contributed by atoms with Gasteiger partial charge in [-0.2, -0.15) is 0 Å². The van der Waals surface area contributed by atoms with Gasteiger partial charge in [0, 0.05) is 24.2 Å². The molecule has 7 heteroatoms. The average Bonchev–Trinajstić information content (AvgIpc) is 3.09. The normalized spacial score (nSPS) is 25.1. The fourth-order valence-electron chi connectivity index (χ4n) is 2.20. The van der Waals surface area contributed by atoms with Crippen molar-refractivity contribution in [2.45, 2.75) is 18.3 Å². The number of carbonyl (C=O) groups is 1. The van der Waals surface area contributed by atoms with Crippen LogP contribution in [-0.2, 0) is 4.79 Å². The molecule has 1 aromatic heterocycles. The van der Waals surface area contributed by atoms with Gasteiger partial charge in [-0.05, 0) is 26.1 Å². The summed E-state index contributed by atoms with van der Waals surface area (Å²) in [6, 6.07) is 3.70. The van der Waals surface area contributed by atoms with Gasteiger partial charge in [-0.3, -0.25) is 14.9 Å². The molecule has 0 aromatic carbocycles. The van der Waals surface area contributed by atoms with Crippen molar-refractivity contribution in [3.05, 3.63) is 24.0 Å². The van der Waals surface area contributed by atoms with Gasteiger partial charge in [0.05, 0.1) is 11.4 Å². The molecule has 1 fully saturated rings. The first-order chi connectivity index (χ1) is 10.2. The summed E-state index contributed by atoms with van der Waals surface area (Å²) in [6.07, 6.45) is 2.45. The number of aliphatic imine (C=N–C) groups is 1. The van der Waals surface area contributed by atoms with E-state index in [4.69, 9.17) is 9.79 Å². The lowest BCUT2D eigenvalue weighted by Gasteiger charge is -2.21. The van der Waals surface area contributed by atoms with Crippen LogP contribution in [0.15, 0.2) is 23.3 Å². The van der Waals surface area contributed by atoms with Gasteiger partial charge in [0.15, 0.2) is 0 Å². The fourth-order valence-corrected chi connectivity index (χ4v) is 4.79. The van der Waals surface area contributed by atoms with Gasteiger partial charge in [0.2, 0.25) is 0 Å². The number of rotatable bonds is 2. The minimum absolute atomic E-state index is 0.219. The first-order valence-electron chi connectivity index (χ1n) is 6.74. The molecule has 0 radical (unpaired) electrons. The second kappa shape index (κ2) is 7.82. The minimum atomic E-state index is 0.219. The summed E-state index contributed by atoms with van der Waals surface area (Å²) < 4.78 is 0. The van der Waals surface area contributed by atoms with E-state index in [2.05, 4.69) is 16.9 Å². The van der Waals surface area contributed by atoms with Crippen LogP contribution >= 0.6 is 23.5 Å². The summed E-state index contributed by atoms with van der Waals surface area (Å²) in [5.74, 6) is 2.38. The largest absolute Gasteiger partial charge is 0.506 e. The molecule has 3 rings (SSSR count). The zero-order chi connectivity index (χ0) is 15.2. The van der Waals surface area contributed by atoms with E-state index < -0.39 is 0 Å². The standard InChI is InChI=1S/C12H15N3OS2.C2H4O/c1-15-5-6-17-12(15)8-7-18-11(14-8)10-9(16)3-2-4-13-10;1-2-3/h2-4,8,12,16H,5-7H2,1H3;2H,1H3/t8-,12+;/m0./s1. The summed E-state index contributed by atoms with van der Waals surface area (Å²) in [6.45, 7) is 2.58. The van der Waals surface area contributed by atoms with E-state index in [9.17, 15) is 5.11 Å². The topological polar surface area (TPSA) is 65.8 Å². The molecule has 5 nitrogen and oxygen atoms in total. The molecule has 2 aliphatic rings. The molecule has 21 heavy (non-hydrogen) atoms. The molecule has 1 saturated heterocycles. The predicted octanol–water partition coefficient (Wildman–Crippen LogP) is 1.86. The van der Waals surface area contributed by atoms with E-state index in [0.29, 0.717) is 17.1 Å². The van der Waals surface area contributed by atoms with Crippen molar-refractivity contribution in [1.29, 1.82) is 0 Å². The maximum atomic E-state index is 9.80. The SMILES string of the molecule is CC=O.CN1CCS[C@@H]1[C@@H]1CSC(c2ncccc2O)=N1. The van der Waals surface area contributed by atoms with Crippen molar-refractivity contribution < 1.29 is 9.90 Å². The fraction of sp³-hybridized carbons (Fsp3) is 0.500. The predicted molar refractivity (Wildman–Crippen MR) is 89.3 cm³/mol. The quantitative estimate of drug-likeness (QED) is 0.837. The van der Waals surface area contributed by atoms with Crippen molar-refractivity contribution in [2.24, 2.45) is 4.99 Å². The number of aromatic hydroxyl groups is 1. The third-order valence-electron chi connectivity index (χ3n) is 3.16. The van der Waals surface area contributed by atoms with Gasteiger partial charge in [-0.25, -0.2) is 0 Å². The van der Waals surface area contributed by atoms with Crippen LogP contribution in [0.3, 0.4) is 0 Å². The monoisotopic (exact) mass is 325 g/mol. The van der Waals surface area contributed by atoms with Crippen molar-refractivity contribution in [1.82, 2.24) is 9.88 Å². The zero-order valence-corrected chi connectivity index (χ0v) is 13.7. The number of thioether (sulfide) groups is 2. The van der Waals surface area contributed by atoms with E-state index in [0.717, 1.165) is 23.6 Å². The molecule has 2 atom stereocenters. The third kappa shape index (κ3) is 3.99. The lowest BCUT2D eigenvalue weighted by Crippen LogP contribution is -2.33. The number of nitrogens with zero attached hydrogens (tertiary/aromatic N) is 3. The molecule has 1 N–H and O–H groups in total. The van der Waals surface area contributed by atoms with E-state index in [1.54, 1.807) is 30.1 Å². The highest BCUT2D eigenvalue weighted by atomic mass is 32.2. The van der Waals surface area contributed by atoms with Crippen molar-refractivity contribution in [3.63, 3.8) is 0 Å². The lowest BCUT2D eigenvalue weighted by atomic mass is 10.3. The molecule has 3 heterocycles. The first-order valence-corrected chi connectivity index (χ1v) is 8.77. The smallest absolute Gasteiger partial charge is 0.144 e. The van der Waals surface area contributed by atoms with E-state index in [1.807, 2.05) is 11.8 Å². The molecule has 0 saturated carbocycles. The number of carbonyl (C=O) groups excluding carboxylic acids is 1. The van der Waals surface area contributed by atoms with Gasteiger partial charge in [0.1, 0.15) is 22.8 Å². The Hall–Kier alpha value is -1.05. The van der Waals surface area contributed by atoms with Crippen LogP contribution in [-0.4, -0.2) is 62.8 Å². The highest BCUT2D eigenvalue weighted by Crippen LogP contribution is 2.34. The maximum absolute atomic E-state index is 9.80. The van der Waals surface area contributed by atoms with Crippen LogP contribution in [0.1, 0.15) is 12.6 Å². The van der Waals surface area contributed by atoms with Crippen LogP contribution in [0.2, 0.25) is 0 Å². The summed E-state index contributed by atoms with van der Waals surface area (Å²) >= 11 is 3.67. The lowest BCUT2D eigenvalue weighted by molar-refractivity contribution is -0.106. The van der Waals surface area contributed by atoms with E-state index in [1.165, 1.54) is 12.7 Å². The van der Waals surface area contributed by atoms with Crippen molar-refractivity contribution in [3.8, 4) is 5.75 Å². The highest BCUT2D eigenvalue weighted by Gasteiger charge is 2.34. The van der Waals surface area contributed by atoms with Crippen LogP contribution in [0.25, 0.3) is 0 Å². The van der Waals surface area contributed by atoms with Crippen LogP contribution < -0.4 is 0 Å². The molecule has 0 spiro atoms. The summed E-state index contributed by atoms with van der Waals surface area (Å²) in [7, 11) is 2.15. The Balaban J connectivity index is 0.000000497. The Morgan fingerprint density at radius 3 is 2.90 bits per heavy atom. The Labute approximate surface area is 133 Å². The second-order valence-electron chi connectivity index (χ2n) is 4.66. The molecular formula is C14H19N3O2S2. The van der Waals surface area contributed by atoms with Gasteiger partial charge in [-0.15, -0.1) is 23.5 Å². The summed E-state index contributed by atoms with van der Waals surface area (Å²) in [5, 5.41) is 11.1. The Morgan fingerprint density at radius 1 is 1.52 bits per heavy atom. The molecule has 1 aromatic rings. The molecule has 114 valence electrons. The number of pyridine rings is 1. The molecule has 0 bridgehead atoms. The third-order valence-corrected chi connectivity index (χ3v) is 5.67. The number of aromatic nitrogens is 1. The van der Waals surface area contributed by atoms with Crippen LogP contribution in [0.4, 0.5) is 0 Å². The number of likely N-dealkylation sites (N-methyl/N-ethyl adjacent to an activating group) is 1. The Bertz CT molecular complexity index is 525. The summed E-state index contributed by atoms with van der Waals surface area (Å²) in [4.78, 5) is 20.1. The van der Waals surface area contributed by atoms with Gasteiger partial charge in [-0.1, -0.05) is 0 Å². The average molecular weight is 325 g/mol. The maximum Gasteiger partial charge on any atom is 0.144 e. The molecule has 2 aliphatic heterocycles. The molecule has 0 unspecified atom stereocenters. The van der Waals surface area contributed by atoms with Crippen LogP contribution in [0.5, 0.6) is 5.75 Å². The second-order valence-corrected chi connectivity index (χ2v) is 6.89. The number of aldehydes is 1. The molecule has 0 aliphatic carbocycles. The zero-order valence-electron chi connectivity index (χ0n) is 12.1. The Morgan fingerprint density at radius 2 is 2.29 bits per heavy atom. The van der Waals surface area contributed by atoms with Crippen molar-refractivity contribution >= 4 is 34.9 Å². The van der Waals surface area contributed by atoms with E-state index >= 15 is 0 Å². The van der Waals surface area contributed by atoms with Crippen LogP contribution in [0, 0.1) is 0 Å². The van der Waals surface area contributed by atoms with Gasteiger partial charge < -0.3 is 9.90 Å². The van der Waals surface area contributed by atoms with Crippen molar-refractivity contribution in [2.75, 3.05) is 25.1 Å². The molecular weight excluding hydrogens is 306 g/mol. The number of hydrogen-bond acceptors (Lipinski definition) is 7. The van der Waals surface area contributed by atoms with E-state index in [-0.39, 0.29) is 5.75 Å². The molecule has 0 amide bonds. The van der Waals surface area contributed by atoms with Gasteiger partial charge in [0.25, 0.3) is 0 Å². The highest BCUT2D eigenvalue weighted by molar-refractivity contribution is 8.14. The Kier molecular flexibility index (Phi) is 6.08. The number of hydrogen-bond donors (Lipinski definition) is 1. The summed E-state index contributed by atoms with van der Waals surface area (Å²) in [5.41, 5.74) is 0.621. The first kappa shape index (κ1) is 16.3.